The van der Waals surface area contributed by atoms with Gasteiger partial charge in [-0.25, -0.2) is 4.79 Å². The summed E-state index contributed by atoms with van der Waals surface area (Å²) in [6.07, 6.45) is 6.78. The van der Waals surface area contributed by atoms with Crippen molar-refractivity contribution in [2.45, 2.75) is 25.8 Å². The number of terminal acetylenes is 1. The van der Waals surface area contributed by atoms with Gasteiger partial charge in [0.1, 0.15) is 0 Å². The molecule has 0 aliphatic carbocycles. The van der Waals surface area contributed by atoms with Crippen molar-refractivity contribution < 1.29 is 14.7 Å². The zero-order valence-electron chi connectivity index (χ0n) is 11.3. The number of urea groups is 1. The number of hydrogen-bond acceptors (Lipinski definition) is 3. The Morgan fingerprint density at radius 3 is 2.68 bits per heavy atom. The number of carboxylic acid groups (broad SMARTS) is 1. The van der Waals surface area contributed by atoms with Gasteiger partial charge in [-0.05, 0) is 12.8 Å². The predicted octanol–water partition coefficient (Wildman–Crippen LogP) is 0.200. The maximum atomic E-state index is 12.0. The molecule has 1 heterocycles. The van der Waals surface area contributed by atoms with Crippen LogP contribution in [0.15, 0.2) is 0 Å². The summed E-state index contributed by atoms with van der Waals surface area (Å²) in [6.45, 7) is 4.37. The standard InChI is InChI=1S/C13H21N3O3/c1-3-11(4-2)14-13(19)16-7-5-6-15(8-9-16)10-12(17)18/h1,11H,4-10H2,2H3,(H,14,19)(H,17,18). The zero-order valence-corrected chi connectivity index (χ0v) is 11.3. The molecule has 0 saturated carbocycles. The van der Waals surface area contributed by atoms with Crippen LogP contribution in [0.25, 0.3) is 0 Å². The fourth-order valence-electron chi connectivity index (χ4n) is 2.03. The van der Waals surface area contributed by atoms with E-state index in [0.717, 1.165) is 6.42 Å². The fraction of sp³-hybridized carbons (Fsp3) is 0.692. The van der Waals surface area contributed by atoms with Gasteiger partial charge in [-0.2, -0.15) is 0 Å². The number of rotatable bonds is 4. The van der Waals surface area contributed by atoms with E-state index in [4.69, 9.17) is 11.5 Å². The molecule has 1 aliphatic heterocycles. The minimum Gasteiger partial charge on any atom is -0.480 e. The number of nitrogens with zero attached hydrogens (tertiary/aromatic N) is 2. The van der Waals surface area contributed by atoms with Crippen LogP contribution in [0.3, 0.4) is 0 Å². The number of carbonyl (C=O) groups excluding carboxylic acids is 1. The molecule has 0 aromatic rings. The maximum absolute atomic E-state index is 12.0. The lowest BCUT2D eigenvalue weighted by atomic mass is 10.2. The molecule has 1 aliphatic rings. The Morgan fingerprint density at radius 2 is 2.11 bits per heavy atom. The van der Waals surface area contributed by atoms with Crippen molar-refractivity contribution in [3.05, 3.63) is 0 Å². The van der Waals surface area contributed by atoms with Crippen molar-refractivity contribution in [1.82, 2.24) is 15.1 Å². The Hall–Kier alpha value is -1.74. The highest BCUT2D eigenvalue weighted by atomic mass is 16.4. The van der Waals surface area contributed by atoms with Gasteiger partial charge in [-0.3, -0.25) is 9.69 Å². The second kappa shape index (κ2) is 7.64. The van der Waals surface area contributed by atoms with Crippen LogP contribution in [0.1, 0.15) is 19.8 Å². The molecular formula is C13H21N3O3. The molecule has 1 atom stereocenters. The number of aliphatic carboxylic acids is 1. The molecule has 2 N–H and O–H groups in total. The predicted molar refractivity (Wildman–Crippen MR) is 71.7 cm³/mol. The SMILES string of the molecule is C#CC(CC)NC(=O)N1CCCN(CC(=O)O)CC1. The van der Waals surface area contributed by atoms with E-state index in [9.17, 15) is 9.59 Å². The van der Waals surface area contributed by atoms with E-state index in [0.29, 0.717) is 32.6 Å². The van der Waals surface area contributed by atoms with Gasteiger partial charge in [0.2, 0.25) is 0 Å². The van der Waals surface area contributed by atoms with Crippen LogP contribution in [0.5, 0.6) is 0 Å². The van der Waals surface area contributed by atoms with Gasteiger partial charge in [0.25, 0.3) is 0 Å². The molecule has 0 aromatic heterocycles. The summed E-state index contributed by atoms with van der Waals surface area (Å²) in [5.74, 6) is 1.69. The van der Waals surface area contributed by atoms with Gasteiger partial charge >= 0.3 is 12.0 Å². The van der Waals surface area contributed by atoms with Gasteiger partial charge in [0.05, 0.1) is 12.6 Å². The second-order valence-corrected chi connectivity index (χ2v) is 4.59. The lowest BCUT2D eigenvalue weighted by molar-refractivity contribution is -0.138. The third-order valence-electron chi connectivity index (χ3n) is 3.14. The molecule has 6 nitrogen and oxygen atoms in total. The van der Waals surface area contributed by atoms with Crippen LogP contribution in [0, 0.1) is 12.3 Å². The molecule has 1 rings (SSSR count). The highest BCUT2D eigenvalue weighted by molar-refractivity contribution is 5.75. The van der Waals surface area contributed by atoms with Crippen molar-refractivity contribution in [1.29, 1.82) is 0 Å². The molecule has 19 heavy (non-hydrogen) atoms. The van der Waals surface area contributed by atoms with E-state index in [2.05, 4.69) is 11.2 Å². The number of hydrogen-bond donors (Lipinski definition) is 2. The third kappa shape index (κ3) is 5.18. The van der Waals surface area contributed by atoms with Gasteiger partial charge in [-0.15, -0.1) is 6.42 Å². The molecule has 1 saturated heterocycles. The Bertz CT molecular complexity index is 365. The molecule has 0 aromatic carbocycles. The first-order valence-electron chi connectivity index (χ1n) is 6.52. The summed E-state index contributed by atoms with van der Waals surface area (Å²) in [4.78, 5) is 26.2. The van der Waals surface area contributed by atoms with E-state index >= 15 is 0 Å². The van der Waals surface area contributed by atoms with Gasteiger partial charge in [0, 0.05) is 26.2 Å². The average molecular weight is 267 g/mol. The smallest absolute Gasteiger partial charge is 0.318 e. The zero-order chi connectivity index (χ0) is 14.3. The first-order chi connectivity index (χ1) is 9.06. The molecular weight excluding hydrogens is 246 g/mol. The Labute approximate surface area is 113 Å². The van der Waals surface area contributed by atoms with Gasteiger partial charge in [0.15, 0.2) is 0 Å². The van der Waals surface area contributed by atoms with E-state index < -0.39 is 5.97 Å². The number of carbonyl (C=O) groups is 2. The van der Waals surface area contributed by atoms with Crippen molar-refractivity contribution in [2.75, 3.05) is 32.7 Å². The first-order valence-corrected chi connectivity index (χ1v) is 6.52. The van der Waals surface area contributed by atoms with E-state index in [1.807, 2.05) is 11.8 Å². The lowest BCUT2D eigenvalue weighted by Crippen LogP contribution is -2.45. The Morgan fingerprint density at radius 1 is 1.37 bits per heavy atom. The summed E-state index contributed by atoms with van der Waals surface area (Å²) in [6, 6.07) is -0.409. The minimum absolute atomic E-state index is 0.0252. The monoisotopic (exact) mass is 267 g/mol. The van der Waals surface area contributed by atoms with Crippen LogP contribution >= 0.6 is 0 Å². The quantitative estimate of drug-likeness (QED) is 0.714. The van der Waals surface area contributed by atoms with Crippen molar-refractivity contribution in [2.24, 2.45) is 0 Å². The van der Waals surface area contributed by atoms with Crippen LogP contribution < -0.4 is 5.32 Å². The molecule has 0 radical (unpaired) electrons. The molecule has 6 heteroatoms. The summed E-state index contributed by atoms with van der Waals surface area (Å²) < 4.78 is 0. The summed E-state index contributed by atoms with van der Waals surface area (Å²) >= 11 is 0. The van der Waals surface area contributed by atoms with Crippen molar-refractivity contribution >= 4 is 12.0 Å². The largest absolute Gasteiger partial charge is 0.480 e. The topological polar surface area (TPSA) is 72.9 Å². The number of amides is 2. The Balaban J connectivity index is 2.46. The summed E-state index contributed by atoms with van der Waals surface area (Å²) in [5, 5.41) is 11.5. The van der Waals surface area contributed by atoms with E-state index in [1.165, 1.54) is 0 Å². The second-order valence-electron chi connectivity index (χ2n) is 4.59. The highest BCUT2D eigenvalue weighted by Gasteiger charge is 2.21. The molecule has 1 fully saturated rings. The lowest BCUT2D eigenvalue weighted by Gasteiger charge is -2.23. The molecule has 2 amide bonds. The number of nitrogens with one attached hydrogen (secondary N) is 1. The van der Waals surface area contributed by atoms with Crippen molar-refractivity contribution in [3.63, 3.8) is 0 Å². The minimum atomic E-state index is -0.837. The average Bonchev–Trinajstić information content (AvgIpc) is 2.60. The summed E-state index contributed by atoms with van der Waals surface area (Å²) in [7, 11) is 0. The normalized spacial score (nSPS) is 18.2. The van der Waals surface area contributed by atoms with Crippen LogP contribution in [-0.4, -0.2) is 65.7 Å². The van der Waals surface area contributed by atoms with E-state index in [1.54, 1.807) is 4.90 Å². The molecule has 0 spiro atoms. The summed E-state index contributed by atoms with van der Waals surface area (Å²) in [5.41, 5.74) is 0. The first kappa shape index (κ1) is 15.3. The highest BCUT2D eigenvalue weighted by Crippen LogP contribution is 2.04. The van der Waals surface area contributed by atoms with E-state index in [-0.39, 0.29) is 18.6 Å². The fourth-order valence-corrected chi connectivity index (χ4v) is 2.03. The van der Waals surface area contributed by atoms with Crippen LogP contribution in [0.2, 0.25) is 0 Å². The Kier molecular flexibility index (Phi) is 6.16. The maximum Gasteiger partial charge on any atom is 0.318 e. The van der Waals surface area contributed by atoms with Crippen LogP contribution in [0.4, 0.5) is 4.79 Å². The third-order valence-corrected chi connectivity index (χ3v) is 3.14. The van der Waals surface area contributed by atoms with Crippen molar-refractivity contribution in [3.8, 4) is 12.3 Å². The van der Waals surface area contributed by atoms with Crippen LogP contribution in [-0.2, 0) is 4.79 Å². The molecule has 106 valence electrons. The number of carboxylic acids is 1. The molecule has 1 unspecified atom stereocenters. The molecule has 0 bridgehead atoms. The van der Waals surface area contributed by atoms with Gasteiger partial charge < -0.3 is 15.3 Å². The van der Waals surface area contributed by atoms with Gasteiger partial charge in [-0.1, -0.05) is 12.8 Å².